The highest BCUT2D eigenvalue weighted by Gasteiger charge is 1.97. The van der Waals surface area contributed by atoms with Crippen molar-refractivity contribution in [3.63, 3.8) is 0 Å². The molecule has 3 heteroatoms. The molecule has 0 unspecified atom stereocenters. The Morgan fingerprint density at radius 2 is 2.12 bits per heavy atom. The topological polar surface area (TPSA) is 29.9 Å². The van der Waals surface area contributed by atoms with Gasteiger partial charge >= 0.3 is 0 Å². The van der Waals surface area contributed by atoms with Gasteiger partial charge in [0.15, 0.2) is 0 Å². The van der Waals surface area contributed by atoms with E-state index >= 15 is 0 Å². The van der Waals surface area contributed by atoms with Gasteiger partial charge in [0.1, 0.15) is 0 Å². The van der Waals surface area contributed by atoms with Crippen LogP contribution in [0.4, 0.5) is 0 Å². The largest absolute Gasteiger partial charge is 0.313 e. The molecule has 1 aromatic heterocycles. The summed E-state index contributed by atoms with van der Waals surface area (Å²) in [6.45, 7) is 4.90. The van der Waals surface area contributed by atoms with Crippen LogP contribution in [0.25, 0.3) is 0 Å². The third-order valence-electron chi connectivity index (χ3n) is 2.47. The molecule has 0 radical (unpaired) electrons. The number of nitrogens with zero attached hydrogens (tertiary/aromatic N) is 2. The number of nitrogens with one attached hydrogen (secondary N) is 1. The summed E-state index contributed by atoms with van der Waals surface area (Å²) in [4.78, 5) is 0. The van der Waals surface area contributed by atoms with Gasteiger partial charge in [-0.15, -0.1) is 0 Å². The predicted molar refractivity (Wildman–Crippen MR) is 65.2 cm³/mol. The molecule has 0 bridgehead atoms. The second-order valence-corrected chi connectivity index (χ2v) is 3.80. The minimum Gasteiger partial charge on any atom is -0.313 e. The molecule has 1 aromatic carbocycles. The molecule has 2 rings (SSSR count). The fraction of sp³-hybridized carbons (Fsp3) is 0.308. The van der Waals surface area contributed by atoms with Gasteiger partial charge in [-0.2, -0.15) is 5.10 Å². The lowest BCUT2D eigenvalue weighted by Crippen LogP contribution is -2.12. The summed E-state index contributed by atoms with van der Waals surface area (Å²) in [6, 6.07) is 10.6. The standard InChI is InChI=1S/C13H17N3/c1-2-14-10-12-5-3-6-13(9-12)11-16-8-4-7-15-16/h3-9,14H,2,10-11H2,1H3. The van der Waals surface area contributed by atoms with E-state index in [1.165, 1.54) is 11.1 Å². The molecule has 0 amide bonds. The van der Waals surface area contributed by atoms with Crippen LogP contribution in [-0.2, 0) is 13.1 Å². The molecule has 0 aliphatic carbocycles. The molecule has 1 N–H and O–H groups in total. The molecule has 0 aliphatic rings. The molecule has 84 valence electrons. The van der Waals surface area contributed by atoms with Crippen molar-refractivity contribution in [1.29, 1.82) is 0 Å². The van der Waals surface area contributed by atoms with E-state index in [2.05, 4.69) is 41.6 Å². The molecule has 3 nitrogen and oxygen atoms in total. The maximum Gasteiger partial charge on any atom is 0.0659 e. The SMILES string of the molecule is CCNCc1cccc(Cn2cccn2)c1. The molecule has 0 atom stereocenters. The zero-order valence-corrected chi connectivity index (χ0v) is 9.56. The summed E-state index contributed by atoms with van der Waals surface area (Å²) in [5, 5.41) is 7.53. The van der Waals surface area contributed by atoms with Crippen LogP contribution in [0.3, 0.4) is 0 Å². The first-order valence-electron chi connectivity index (χ1n) is 5.64. The average molecular weight is 215 g/mol. The molecule has 0 saturated heterocycles. The summed E-state index contributed by atoms with van der Waals surface area (Å²) in [7, 11) is 0. The summed E-state index contributed by atoms with van der Waals surface area (Å²) < 4.78 is 1.94. The Morgan fingerprint density at radius 3 is 2.88 bits per heavy atom. The second kappa shape index (κ2) is 5.47. The zero-order valence-electron chi connectivity index (χ0n) is 9.56. The van der Waals surface area contributed by atoms with Gasteiger partial charge in [-0.3, -0.25) is 4.68 Å². The quantitative estimate of drug-likeness (QED) is 0.827. The summed E-state index contributed by atoms with van der Waals surface area (Å²) in [6.07, 6.45) is 3.79. The van der Waals surface area contributed by atoms with Crippen molar-refractivity contribution >= 4 is 0 Å². The van der Waals surface area contributed by atoms with Crippen molar-refractivity contribution in [1.82, 2.24) is 15.1 Å². The molecule has 0 fully saturated rings. The van der Waals surface area contributed by atoms with Gasteiger partial charge in [-0.05, 0) is 23.7 Å². The summed E-state index contributed by atoms with van der Waals surface area (Å²) >= 11 is 0. The van der Waals surface area contributed by atoms with Crippen molar-refractivity contribution in [2.75, 3.05) is 6.54 Å². The summed E-state index contributed by atoms with van der Waals surface area (Å²) in [5.41, 5.74) is 2.62. The highest BCUT2D eigenvalue weighted by molar-refractivity contribution is 5.23. The van der Waals surface area contributed by atoms with E-state index in [4.69, 9.17) is 0 Å². The summed E-state index contributed by atoms with van der Waals surface area (Å²) in [5.74, 6) is 0. The van der Waals surface area contributed by atoms with Gasteiger partial charge in [0, 0.05) is 18.9 Å². The Balaban J connectivity index is 2.04. The maximum absolute atomic E-state index is 4.20. The molecule has 1 heterocycles. The number of hydrogen-bond donors (Lipinski definition) is 1. The van der Waals surface area contributed by atoms with E-state index in [9.17, 15) is 0 Å². The van der Waals surface area contributed by atoms with Crippen LogP contribution in [0.1, 0.15) is 18.1 Å². The van der Waals surface area contributed by atoms with E-state index in [1.807, 2.05) is 23.1 Å². The van der Waals surface area contributed by atoms with Gasteiger partial charge in [0.25, 0.3) is 0 Å². The maximum atomic E-state index is 4.20. The normalized spacial score (nSPS) is 10.6. The van der Waals surface area contributed by atoms with Crippen molar-refractivity contribution in [2.45, 2.75) is 20.0 Å². The Labute approximate surface area is 96.1 Å². The minimum atomic E-state index is 0.840. The average Bonchev–Trinajstić information content (AvgIpc) is 2.80. The zero-order chi connectivity index (χ0) is 11.2. The first-order valence-corrected chi connectivity index (χ1v) is 5.64. The lowest BCUT2D eigenvalue weighted by Gasteiger charge is -2.06. The van der Waals surface area contributed by atoms with E-state index in [0.29, 0.717) is 0 Å². The van der Waals surface area contributed by atoms with Gasteiger partial charge < -0.3 is 5.32 Å². The Morgan fingerprint density at radius 1 is 1.25 bits per heavy atom. The monoisotopic (exact) mass is 215 g/mol. The van der Waals surface area contributed by atoms with Gasteiger partial charge in [0.05, 0.1) is 6.54 Å². The third-order valence-corrected chi connectivity index (χ3v) is 2.47. The molecule has 16 heavy (non-hydrogen) atoms. The third kappa shape index (κ3) is 2.94. The van der Waals surface area contributed by atoms with Crippen LogP contribution in [0.15, 0.2) is 42.7 Å². The van der Waals surface area contributed by atoms with Gasteiger partial charge in [-0.25, -0.2) is 0 Å². The lowest BCUT2D eigenvalue weighted by molar-refractivity contribution is 0.683. The van der Waals surface area contributed by atoms with Crippen LogP contribution < -0.4 is 5.32 Å². The van der Waals surface area contributed by atoms with Crippen molar-refractivity contribution in [3.05, 3.63) is 53.9 Å². The number of aromatic nitrogens is 2. The first kappa shape index (κ1) is 10.9. The molecule has 2 aromatic rings. The van der Waals surface area contributed by atoms with Crippen LogP contribution in [0.2, 0.25) is 0 Å². The highest BCUT2D eigenvalue weighted by Crippen LogP contribution is 2.06. The Kier molecular flexibility index (Phi) is 3.72. The number of hydrogen-bond acceptors (Lipinski definition) is 2. The predicted octanol–water partition coefficient (Wildman–Crippen LogP) is 2.04. The van der Waals surface area contributed by atoms with Crippen LogP contribution >= 0.6 is 0 Å². The van der Waals surface area contributed by atoms with Crippen molar-refractivity contribution < 1.29 is 0 Å². The van der Waals surface area contributed by atoms with E-state index in [1.54, 1.807) is 0 Å². The molecule has 0 saturated carbocycles. The minimum absolute atomic E-state index is 0.840. The van der Waals surface area contributed by atoms with E-state index < -0.39 is 0 Å². The fourth-order valence-electron chi connectivity index (χ4n) is 1.69. The molecular weight excluding hydrogens is 198 g/mol. The van der Waals surface area contributed by atoms with Crippen LogP contribution in [-0.4, -0.2) is 16.3 Å². The van der Waals surface area contributed by atoms with Gasteiger partial charge in [-0.1, -0.05) is 31.2 Å². The smallest absolute Gasteiger partial charge is 0.0659 e. The molecule has 0 spiro atoms. The van der Waals surface area contributed by atoms with Gasteiger partial charge in [0.2, 0.25) is 0 Å². The highest BCUT2D eigenvalue weighted by atomic mass is 15.3. The Hall–Kier alpha value is -1.61. The van der Waals surface area contributed by atoms with Crippen LogP contribution in [0.5, 0.6) is 0 Å². The fourth-order valence-corrected chi connectivity index (χ4v) is 1.69. The van der Waals surface area contributed by atoms with E-state index in [0.717, 1.165) is 19.6 Å². The molecular formula is C13H17N3. The Bertz CT molecular complexity index is 421. The van der Waals surface area contributed by atoms with Crippen LogP contribution in [0, 0.1) is 0 Å². The number of benzene rings is 1. The second-order valence-electron chi connectivity index (χ2n) is 3.80. The first-order chi connectivity index (χ1) is 7.88. The molecule has 0 aliphatic heterocycles. The van der Waals surface area contributed by atoms with Crippen molar-refractivity contribution in [3.8, 4) is 0 Å². The number of rotatable bonds is 5. The van der Waals surface area contributed by atoms with E-state index in [-0.39, 0.29) is 0 Å². The van der Waals surface area contributed by atoms with Crippen molar-refractivity contribution in [2.24, 2.45) is 0 Å². The lowest BCUT2D eigenvalue weighted by atomic mass is 10.1.